The van der Waals surface area contributed by atoms with Gasteiger partial charge in [0.25, 0.3) is 0 Å². The second-order valence-corrected chi connectivity index (χ2v) is 8.56. The molecule has 8 nitrogen and oxygen atoms in total. The third kappa shape index (κ3) is 4.89. The van der Waals surface area contributed by atoms with Gasteiger partial charge >= 0.3 is 0 Å². The largest absolute Gasteiger partial charge is 0.394 e. The average molecular weight is 390 g/mol. The van der Waals surface area contributed by atoms with E-state index < -0.39 is 55.6 Å². The van der Waals surface area contributed by atoms with Crippen molar-refractivity contribution in [2.45, 2.75) is 83.1 Å². The minimum atomic E-state index is -1.48. The van der Waals surface area contributed by atoms with Crippen LogP contribution in [-0.4, -0.2) is 86.3 Å². The summed E-state index contributed by atoms with van der Waals surface area (Å²) in [5.74, 6) is -0.129. The summed E-state index contributed by atoms with van der Waals surface area (Å²) >= 11 is 0. The summed E-state index contributed by atoms with van der Waals surface area (Å²) in [6.45, 7) is 7.20. The fourth-order valence-corrected chi connectivity index (χ4v) is 4.22. The predicted octanol–water partition coefficient (Wildman–Crippen LogP) is -0.848. The van der Waals surface area contributed by atoms with Crippen molar-refractivity contribution in [1.29, 1.82) is 0 Å². The first-order valence-electron chi connectivity index (χ1n) is 9.50. The zero-order valence-electron chi connectivity index (χ0n) is 16.3. The highest BCUT2D eigenvalue weighted by atomic mass is 16.7. The summed E-state index contributed by atoms with van der Waals surface area (Å²) in [6.07, 6.45) is -4.38. The molecule has 2 rings (SSSR count). The number of hydrogen-bond acceptors (Lipinski definition) is 8. The summed E-state index contributed by atoms with van der Waals surface area (Å²) < 4.78 is 11.0. The molecule has 10 atom stereocenters. The molecule has 0 spiro atoms. The molecule has 1 aliphatic carbocycles. The van der Waals surface area contributed by atoms with Crippen molar-refractivity contribution in [3.8, 4) is 0 Å². The van der Waals surface area contributed by atoms with Crippen LogP contribution in [-0.2, 0) is 9.47 Å². The van der Waals surface area contributed by atoms with Crippen molar-refractivity contribution in [3.63, 3.8) is 0 Å². The van der Waals surface area contributed by atoms with Crippen molar-refractivity contribution in [1.82, 2.24) is 0 Å². The smallest absolute Gasteiger partial charge is 0.187 e. The van der Waals surface area contributed by atoms with E-state index in [4.69, 9.17) is 9.47 Å². The topological polar surface area (TPSA) is 140 Å². The monoisotopic (exact) mass is 390 g/mol. The van der Waals surface area contributed by atoms with Crippen molar-refractivity contribution < 1.29 is 40.1 Å². The Balaban J connectivity index is 2.02. The maximum atomic E-state index is 10.2. The number of aliphatic hydroxyl groups excluding tert-OH is 6. The molecule has 1 aliphatic heterocycles. The van der Waals surface area contributed by atoms with E-state index in [1.54, 1.807) is 13.0 Å². The standard InChI is InChI=1S/C19H34O8/c1-9(26-18-17(25)16(24)15(23)13(8-20)27-18)5-6-11-10(2)14(22)12(21)7-19(11,3)4/h5-6,9-18,20-25H,7-8H2,1-4H3. The van der Waals surface area contributed by atoms with Gasteiger partial charge in [-0.05, 0) is 30.6 Å². The maximum absolute atomic E-state index is 10.2. The molecule has 2 fully saturated rings. The number of allylic oxidation sites excluding steroid dienone is 1. The van der Waals surface area contributed by atoms with Gasteiger partial charge in [0.2, 0.25) is 0 Å². The molecular weight excluding hydrogens is 356 g/mol. The van der Waals surface area contributed by atoms with E-state index in [9.17, 15) is 30.6 Å². The van der Waals surface area contributed by atoms with Crippen molar-refractivity contribution in [2.24, 2.45) is 17.3 Å². The van der Waals surface area contributed by atoms with Crippen LogP contribution >= 0.6 is 0 Å². The number of hydrogen-bond donors (Lipinski definition) is 6. The van der Waals surface area contributed by atoms with E-state index in [1.807, 2.05) is 26.8 Å². The van der Waals surface area contributed by atoms with Crippen LogP contribution in [0.25, 0.3) is 0 Å². The van der Waals surface area contributed by atoms with E-state index in [-0.39, 0.29) is 17.3 Å². The molecule has 6 N–H and O–H groups in total. The van der Waals surface area contributed by atoms with Crippen molar-refractivity contribution in [3.05, 3.63) is 12.2 Å². The predicted molar refractivity (Wildman–Crippen MR) is 96.5 cm³/mol. The molecule has 2 aliphatic rings. The molecule has 10 unspecified atom stereocenters. The molecule has 1 heterocycles. The van der Waals surface area contributed by atoms with Crippen LogP contribution in [0.3, 0.4) is 0 Å². The van der Waals surface area contributed by atoms with Crippen LogP contribution in [0.15, 0.2) is 12.2 Å². The van der Waals surface area contributed by atoms with Crippen LogP contribution < -0.4 is 0 Å². The van der Waals surface area contributed by atoms with Crippen LogP contribution in [0.5, 0.6) is 0 Å². The lowest BCUT2D eigenvalue weighted by atomic mass is 9.62. The van der Waals surface area contributed by atoms with Crippen LogP contribution in [0.1, 0.15) is 34.1 Å². The van der Waals surface area contributed by atoms with Gasteiger partial charge in [-0.15, -0.1) is 0 Å². The first kappa shape index (κ1) is 22.7. The lowest BCUT2D eigenvalue weighted by Gasteiger charge is -2.46. The van der Waals surface area contributed by atoms with E-state index >= 15 is 0 Å². The number of rotatable bonds is 5. The minimum Gasteiger partial charge on any atom is -0.394 e. The molecular formula is C19H34O8. The van der Waals surface area contributed by atoms with Crippen molar-refractivity contribution >= 4 is 0 Å². The Bertz CT molecular complexity index is 508. The highest BCUT2D eigenvalue weighted by Crippen LogP contribution is 2.45. The molecule has 0 bridgehead atoms. The van der Waals surface area contributed by atoms with Gasteiger partial charge in [-0.3, -0.25) is 0 Å². The molecule has 1 saturated heterocycles. The minimum absolute atomic E-state index is 0.0109. The lowest BCUT2D eigenvalue weighted by molar-refractivity contribution is -0.306. The zero-order chi connectivity index (χ0) is 20.5. The molecule has 8 heteroatoms. The zero-order valence-corrected chi connectivity index (χ0v) is 16.3. The Labute approximate surface area is 160 Å². The van der Waals surface area contributed by atoms with E-state index in [2.05, 4.69) is 0 Å². The van der Waals surface area contributed by atoms with Gasteiger partial charge in [0.05, 0.1) is 24.9 Å². The first-order valence-corrected chi connectivity index (χ1v) is 9.50. The third-order valence-corrected chi connectivity index (χ3v) is 5.92. The first-order chi connectivity index (χ1) is 12.5. The van der Waals surface area contributed by atoms with Gasteiger partial charge in [0, 0.05) is 0 Å². The SMILES string of the molecule is CC(C=CC1C(C)C(O)C(O)CC1(C)C)OC1OC(CO)C(O)C(O)C1O. The van der Waals surface area contributed by atoms with Gasteiger partial charge in [-0.25, -0.2) is 0 Å². The Morgan fingerprint density at radius 3 is 2.30 bits per heavy atom. The highest BCUT2D eigenvalue weighted by molar-refractivity contribution is 5.06. The fraction of sp³-hybridized carbons (Fsp3) is 0.895. The summed E-state index contributed by atoms with van der Waals surface area (Å²) in [7, 11) is 0. The highest BCUT2D eigenvalue weighted by Gasteiger charge is 2.45. The maximum Gasteiger partial charge on any atom is 0.187 e. The molecule has 0 aromatic heterocycles. The van der Waals surface area contributed by atoms with Crippen LogP contribution in [0.2, 0.25) is 0 Å². The Kier molecular flexibility index (Phi) is 7.43. The molecule has 1 saturated carbocycles. The van der Waals surface area contributed by atoms with Gasteiger partial charge in [0.1, 0.15) is 24.4 Å². The number of ether oxygens (including phenoxy) is 2. The van der Waals surface area contributed by atoms with Crippen molar-refractivity contribution in [2.75, 3.05) is 6.61 Å². The van der Waals surface area contributed by atoms with Crippen LogP contribution in [0.4, 0.5) is 0 Å². The van der Waals surface area contributed by atoms with Gasteiger partial charge < -0.3 is 40.1 Å². The second-order valence-electron chi connectivity index (χ2n) is 8.56. The quantitative estimate of drug-likeness (QED) is 0.334. The molecule has 0 aromatic rings. The summed E-state index contributed by atoms with van der Waals surface area (Å²) in [4.78, 5) is 0. The Hall–Kier alpha value is -0.580. The summed E-state index contributed by atoms with van der Waals surface area (Å²) in [6, 6.07) is 0. The van der Waals surface area contributed by atoms with Gasteiger partial charge in [-0.1, -0.05) is 32.9 Å². The lowest BCUT2D eigenvalue weighted by Crippen LogP contribution is -2.59. The van der Waals surface area contributed by atoms with E-state index in [1.165, 1.54) is 0 Å². The Morgan fingerprint density at radius 2 is 1.70 bits per heavy atom. The summed E-state index contributed by atoms with van der Waals surface area (Å²) in [5.41, 5.74) is -0.211. The van der Waals surface area contributed by atoms with Gasteiger partial charge in [-0.2, -0.15) is 0 Å². The molecule has 158 valence electrons. The van der Waals surface area contributed by atoms with Gasteiger partial charge in [0.15, 0.2) is 6.29 Å². The second kappa shape index (κ2) is 8.84. The molecule has 0 aromatic carbocycles. The Morgan fingerprint density at radius 1 is 1.07 bits per heavy atom. The third-order valence-electron chi connectivity index (χ3n) is 5.92. The molecule has 27 heavy (non-hydrogen) atoms. The van der Waals surface area contributed by atoms with E-state index in [0.29, 0.717) is 6.42 Å². The van der Waals surface area contributed by atoms with E-state index in [0.717, 1.165) is 0 Å². The molecule has 0 amide bonds. The molecule has 0 radical (unpaired) electrons. The summed E-state index contributed by atoms with van der Waals surface area (Å²) in [5, 5.41) is 59.1. The fourth-order valence-electron chi connectivity index (χ4n) is 4.22. The average Bonchev–Trinajstić information content (AvgIpc) is 2.59. The normalized spacial score (nSPS) is 46.5. The number of aliphatic hydroxyl groups is 6. The van der Waals surface area contributed by atoms with Crippen LogP contribution in [0, 0.1) is 17.3 Å².